The van der Waals surface area contributed by atoms with Crippen molar-refractivity contribution < 1.29 is 18.3 Å². The van der Waals surface area contributed by atoms with Gasteiger partial charge in [-0.05, 0) is 6.92 Å². The topological polar surface area (TPSA) is 85.6 Å². The number of imidazole rings is 1. The van der Waals surface area contributed by atoms with Gasteiger partial charge < -0.3 is 9.67 Å². The maximum absolute atomic E-state index is 12.2. The zero-order valence-corrected chi connectivity index (χ0v) is 9.15. The predicted molar refractivity (Wildman–Crippen MR) is 54.0 cm³/mol. The van der Waals surface area contributed by atoms with Gasteiger partial charge in [0.15, 0.2) is 11.4 Å². The third-order valence-corrected chi connectivity index (χ3v) is 2.08. The lowest BCUT2D eigenvalue weighted by Gasteiger charge is -2.05. The van der Waals surface area contributed by atoms with Crippen molar-refractivity contribution in [1.82, 2.24) is 9.55 Å². The van der Waals surface area contributed by atoms with Crippen LogP contribution in [0.4, 0.5) is 13.2 Å². The summed E-state index contributed by atoms with van der Waals surface area (Å²) >= 11 is 0. The van der Waals surface area contributed by atoms with Crippen LogP contribution in [0.3, 0.4) is 0 Å². The van der Waals surface area contributed by atoms with Crippen molar-refractivity contribution >= 4 is 6.08 Å². The van der Waals surface area contributed by atoms with E-state index in [0.717, 1.165) is 4.57 Å². The molecule has 0 aliphatic carbocycles. The number of allylic oxidation sites excluding steroid dienone is 1. The largest absolute Gasteiger partial charge is 0.504 e. The molecule has 1 aromatic heterocycles. The molecule has 0 unspecified atom stereocenters. The molecule has 0 spiro atoms. The summed E-state index contributed by atoms with van der Waals surface area (Å²) in [7, 11) is 0. The zero-order chi connectivity index (χ0) is 13.9. The second-order valence-electron chi connectivity index (χ2n) is 3.16. The molecule has 0 saturated carbocycles. The van der Waals surface area contributed by atoms with Crippen LogP contribution >= 0.6 is 0 Å². The summed E-state index contributed by atoms with van der Waals surface area (Å²) in [5.41, 5.74) is -0.415. The van der Waals surface area contributed by atoms with Crippen molar-refractivity contribution in [2.75, 3.05) is 0 Å². The lowest BCUT2D eigenvalue weighted by atomic mass is 10.3. The number of hydrogen-bond acceptors (Lipinski definition) is 4. The number of rotatable bonds is 2. The van der Waals surface area contributed by atoms with Crippen LogP contribution in [0.2, 0.25) is 0 Å². The average Bonchev–Trinajstić information content (AvgIpc) is 2.64. The fourth-order valence-electron chi connectivity index (χ4n) is 1.30. The number of halogens is 3. The Morgan fingerprint density at radius 2 is 2.06 bits per heavy atom. The molecular formula is C10H7F3N4O. The summed E-state index contributed by atoms with van der Waals surface area (Å²) in [5, 5.41) is 26.3. The lowest BCUT2D eigenvalue weighted by molar-refractivity contribution is -0.119. The first kappa shape index (κ1) is 13.6. The highest BCUT2D eigenvalue weighted by Crippen LogP contribution is 2.25. The van der Waals surface area contributed by atoms with Crippen LogP contribution < -0.4 is 0 Å². The van der Waals surface area contributed by atoms with Gasteiger partial charge in [-0.15, -0.1) is 0 Å². The Morgan fingerprint density at radius 1 is 1.44 bits per heavy atom. The Balaban J connectivity index is 3.41. The molecule has 1 heterocycles. The van der Waals surface area contributed by atoms with Crippen LogP contribution in [0.15, 0.2) is 5.76 Å². The molecule has 0 radical (unpaired) electrons. The maximum atomic E-state index is 12.2. The van der Waals surface area contributed by atoms with Gasteiger partial charge in [-0.1, -0.05) is 0 Å². The third-order valence-electron chi connectivity index (χ3n) is 2.08. The number of nitriles is 2. The van der Waals surface area contributed by atoms with Gasteiger partial charge in [0.2, 0.25) is 5.76 Å². The molecule has 1 N–H and O–H groups in total. The van der Waals surface area contributed by atoms with Crippen LogP contribution in [0.5, 0.6) is 0 Å². The molecule has 5 nitrogen and oxygen atoms in total. The van der Waals surface area contributed by atoms with E-state index in [1.807, 2.05) is 0 Å². The van der Waals surface area contributed by atoms with Crippen molar-refractivity contribution in [2.24, 2.45) is 0 Å². The highest BCUT2D eigenvalue weighted by atomic mass is 19.4. The van der Waals surface area contributed by atoms with Crippen molar-refractivity contribution in [3.8, 4) is 12.1 Å². The van der Waals surface area contributed by atoms with Gasteiger partial charge in [-0.2, -0.15) is 23.7 Å². The van der Waals surface area contributed by atoms with Crippen LogP contribution in [-0.2, 0) is 6.54 Å². The molecular weight excluding hydrogens is 249 g/mol. The highest BCUT2D eigenvalue weighted by molar-refractivity contribution is 5.50. The number of aliphatic hydroxyl groups excluding tert-OH is 1. The SMILES string of the molecule is CCn1c(C=C(O)C(F)(F)F)nc(C#N)c1C#N. The monoisotopic (exact) mass is 256 g/mol. The molecule has 1 rings (SSSR count). The minimum absolute atomic E-state index is 0.138. The van der Waals surface area contributed by atoms with Crippen molar-refractivity contribution in [3.05, 3.63) is 23.0 Å². The van der Waals surface area contributed by atoms with E-state index in [2.05, 4.69) is 4.98 Å². The molecule has 18 heavy (non-hydrogen) atoms. The smallest absolute Gasteiger partial charge is 0.448 e. The Morgan fingerprint density at radius 3 is 2.44 bits per heavy atom. The van der Waals surface area contributed by atoms with Crippen LogP contribution in [0.1, 0.15) is 24.1 Å². The zero-order valence-electron chi connectivity index (χ0n) is 9.15. The van der Waals surface area contributed by atoms with Gasteiger partial charge in [-0.3, -0.25) is 0 Å². The van der Waals surface area contributed by atoms with Crippen LogP contribution in [0.25, 0.3) is 6.08 Å². The Bertz CT molecular complexity index is 572. The van der Waals surface area contributed by atoms with E-state index in [9.17, 15) is 13.2 Å². The molecule has 94 valence electrons. The summed E-state index contributed by atoms with van der Waals surface area (Å²) in [6.45, 7) is 1.72. The quantitative estimate of drug-likeness (QED) is 0.821. The average molecular weight is 256 g/mol. The molecule has 0 saturated heterocycles. The molecule has 0 atom stereocenters. The van der Waals surface area contributed by atoms with Crippen LogP contribution in [0, 0.1) is 22.7 Å². The predicted octanol–water partition coefficient (Wildman–Crippen LogP) is 2.11. The Hall–Kier alpha value is -2.48. The van der Waals surface area contributed by atoms with Gasteiger partial charge in [0.25, 0.3) is 0 Å². The lowest BCUT2D eigenvalue weighted by Crippen LogP contribution is -2.12. The fourth-order valence-corrected chi connectivity index (χ4v) is 1.30. The number of alkyl halides is 3. The van der Waals surface area contributed by atoms with Crippen molar-refractivity contribution in [3.63, 3.8) is 0 Å². The maximum Gasteiger partial charge on any atom is 0.448 e. The standard InChI is InChI=1S/C10H7F3N4O/c1-2-17-7(5-15)6(4-14)16-9(17)3-8(18)10(11,12)13/h3,18H,2H2,1H3. The summed E-state index contributed by atoms with van der Waals surface area (Å²) in [5.74, 6) is -2.13. The number of aromatic nitrogens is 2. The van der Waals surface area contributed by atoms with Crippen molar-refractivity contribution in [1.29, 1.82) is 10.5 Å². The van der Waals surface area contributed by atoms with Gasteiger partial charge in [0.05, 0.1) is 0 Å². The summed E-state index contributed by atoms with van der Waals surface area (Å²) in [6, 6.07) is 3.29. The molecule has 0 bridgehead atoms. The van der Waals surface area contributed by atoms with E-state index in [1.54, 1.807) is 19.1 Å². The molecule has 0 aromatic carbocycles. The van der Waals surface area contributed by atoms with E-state index in [4.69, 9.17) is 15.6 Å². The second kappa shape index (κ2) is 4.80. The second-order valence-corrected chi connectivity index (χ2v) is 3.16. The molecule has 0 aliphatic rings. The van der Waals surface area contributed by atoms with E-state index < -0.39 is 11.9 Å². The first-order valence-electron chi connectivity index (χ1n) is 4.73. The first-order chi connectivity index (χ1) is 8.35. The van der Waals surface area contributed by atoms with E-state index >= 15 is 0 Å². The van der Waals surface area contributed by atoms with Gasteiger partial charge in [0.1, 0.15) is 18.0 Å². The van der Waals surface area contributed by atoms with Crippen molar-refractivity contribution in [2.45, 2.75) is 19.6 Å². The Kier molecular flexibility index (Phi) is 3.62. The first-order valence-corrected chi connectivity index (χ1v) is 4.73. The number of aliphatic hydroxyl groups is 1. The van der Waals surface area contributed by atoms with E-state index in [-0.39, 0.29) is 23.8 Å². The number of hydrogen-bond donors (Lipinski definition) is 1. The Labute approximate surface area is 100 Å². The van der Waals surface area contributed by atoms with E-state index in [0.29, 0.717) is 6.08 Å². The normalized spacial score (nSPS) is 12.0. The molecule has 1 aromatic rings. The van der Waals surface area contributed by atoms with Gasteiger partial charge >= 0.3 is 6.18 Å². The van der Waals surface area contributed by atoms with Gasteiger partial charge in [-0.25, -0.2) is 4.98 Å². The summed E-state index contributed by atoms with van der Waals surface area (Å²) < 4.78 is 37.6. The highest BCUT2D eigenvalue weighted by Gasteiger charge is 2.34. The fraction of sp³-hybridized carbons (Fsp3) is 0.300. The molecule has 0 aliphatic heterocycles. The number of nitrogens with zero attached hydrogens (tertiary/aromatic N) is 4. The molecule has 8 heteroatoms. The molecule has 0 fully saturated rings. The minimum atomic E-state index is -4.90. The summed E-state index contributed by atoms with van der Waals surface area (Å²) in [4.78, 5) is 3.57. The molecule has 0 amide bonds. The minimum Gasteiger partial charge on any atom is -0.504 e. The van der Waals surface area contributed by atoms with E-state index in [1.165, 1.54) is 0 Å². The van der Waals surface area contributed by atoms with Gasteiger partial charge in [0, 0.05) is 12.6 Å². The van der Waals surface area contributed by atoms with Crippen LogP contribution in [-0.4, -0.2) is 20.8 Å². The summed E-state index contributed by atoms with van der Waals surface area (Å²) in [6.07, 6.45) is -4.52. The third kappa shape index (κ3) is 2.43.